The summed E-state index contributed by atoms with van der Waals surface area (Å²) in [6.07, 6.45) is 3.07. The number of aromatic nitrogens is 2. The molecule has 0 aliphatic rings. The number of benzene rings is 2. The fourth-order valence-electron chi connectivity index (χ4n) is 2.73. The van der Waals surface area contributed by atoms with Gasteiger partial charge in [0, 0.05) is 6.08 Å². The van der Waals surface area contributed by atoms with Crippen LogP contribution < -0.4 is 19.5 Å². The zero-order valence-corrected chi connectivity index (χ0v) is 16.6. The number of amides is 1. The van der Waals surface area contributed by atoms with Gasteiger partial charge in [-0.05, 0) is 42.8 Å². The Hall–Kier alpha value is -3.81. The number of nitrogens with one attached hydrogen (secondary N) is 1. The Morgan fingerprint density at radius 2 is 1.76 bits per heavy atom. The molecule has 0 bridgehead atoms. The van der Waals surface area contributed by atoms with E-state index in [1.54, 1.807) is 37.3 Å². The van der Waals surface area contributed by atoms with E-state index in [1.807, 2.05) is 12.1 Å². The van der Waals surface area contributed by atoms with Crippen LogP contribution in [-0.2, 0) is 4.79 Å². The van der Waals surface area contributed by atoms with Crippen molar-refractivity contribution in [2.45, 2.75) is 6.92 Å². The van der Waals surface area contributed by atoms with Crippen LogP contribution in [0.15, 0.2) is 47.0 Å². The monoisotopic (exact) mass is 395 g/mol. The Morgan fingerprint density at radius 1 is 1.07 bits per heavy atom. The van der Waals surface area contributed by atoms with Crippen molar-refractivity contribution in [3.8, 4) is 28.7 Å². The third kappa shape index (κ3) is 4.55. The van der Waals surface area contributed by atoms with Crippen molar-refractivity contribution in [2.75, 3.05) is 26.6 Å². The minimum Gasteiger partial charge on any atom is -0.493 e. The molecule has 29 heavy (non-hydrogen) atoms. The van der Waals surface area contributed by atoms with Crippen LogP contribution in [0.2, 0.25) is 0 Å². The maximum absolute atomic E-state index is 12.5. The minimum absolute atomic E-state index is 0.317. The highest BCUT2D eigenvalue weighted by atomic mass is 16.5. The third-order valence-corrected chi connectivity index (χ3v) is 4.06. The van der Waals surface area contributed by atoms with Crippen LogP contribution in [0, 0.1) is 6.92 Å². The molecule has 0 aliphatic heterocycles. The van der Waals surface area contributed by atoms with Crippen molar-refractivity contribution in [2.24, 2.45) is 0 Å². The summed E-state index contributed by atoms with van der Waals surface area (Å²) in [5, 5.41) is 6.62. The molecule has 1 amide bonds. The zero-order chi connectivity index (χ0) is 20.8. The predicted molar refractivity (Wildman–Crippen MR) is 108 cm³/mol. The molecule has 0 saturated carbocycles. The average Bonchev–Trinajstić information content (AvgIpc) is 3.17. The molecule has 0 atom stereocenters. The maximum Gasteiger partial charge on any atom is 0.260 e. The predicted octanol–water partition coefficient (Wildman–Crippen LogP) is 3.72. The Kier molecular flexibility index (Phi) is 6.13. The third-order valence-electron chi connectivity index (χ3n) is 4.06. The van der Waals surface area contributed by atoms with E-state index in [4.69, 9.17) is 18.7 Å². The summed E-state index contributed by atoms with van der Waals surface area (Å²) >= 11 is 0. The van der Waals surface area contributed by atoms with Gasteiger partial charge >= 0.3 is 0 Å². The van der Waals surface area contributed by atoms with Crippen LogP contribution in [0.3, 0.4) is 0 Å². The second-order valence-corrected chi connectivity index (χ2v) is 5.97. The number of ether oxygens (including phenoxy) is 3. The molecule has 0 unspecified atom stereocenters. The second-order valence-electron chi connectivity index (χ2n) is 5.97. The molecule has 1 aromatic heterocycles. The van der Waals surface area contributed by atoms with Crippen LogP contribution in [-0.4, -0.2) is 37.4 Å². The van der Waals surface area contributed by atoms with E-state index < -0.39 is 0 Å². The molecule has 1 heterocycles. The highest BCUT2D eigenvalue weighted by molar-refractivity contribution is 6.03. The van der Waals surface area contributed by atoms with Crippen LogP contribution in [0.5, 0.6) is 17.2 Å². The molecule has 1 N–H and O–H groups in total. The zero-order valence-electron chi connectivity index (χ0n) is 16.6. The Balaban J connectivity index is 1.81. The molecule has 150 valence electrons. The quantitative estimate of drug-likeness (QED) is 0.609. The Bertz CT molecular complexity index is 1020. The molecule has 8 nitrogen and oxygen atoms in total. The number of hydrogen-bond donors (Lipinski definition) is 1. The molecule has 3 rings (SSSR count). The highest BCUT2D eigenvalue weighted by Crippen LogP contribution is 2.38. The molecular formula is C21H21N3O5. The topological polar surface area (TPSA) is 95.7 Å². The number of para-hydroxylation sites is 1. The van der Waals surface area contributed by atoms with Crippen molar-refractivity contribution in [1.82, 2.24) is 10.1 Å². The summed E-state index contributed by atoms with van der Waals surface area (Å²) in [6, 6.07) is 10.7. The lowest BCUT2D eigenvalue weighted by molar-refractivity contribution is -0.111. The van der Waals surface area contributed by atoms with Crippen molar-refractivity contribution in [3.63, 3.8) is 0 Å². The van der Waals surface area contributed by atoms with Gasteiger partial charge in [0.1, 0.15) is 0 Å². The number of carbonyl (C=O) groups is 1. The number of rotatable bonds is 7. The van der Waals surface area contributed by atoms with Gasteiger partial charge in [-0.25, -0.2) is 0 Å². The van der Waals surface area contributed by atoms with Gasteiger partial charge < -0.3 is 24.1 Å². The Labute approximate surface area is 168 Å². The molecule has 0 saturated heterocycles. The number of methoxy groups -OCH3 is 3. The van der Waals surface area contributed by atoms with Gasteiger partial charge in [0.2, 0.25) is 11.7 Å². The van der Waals surface area contributed by atoms with E-state index in [1.165, 1.54) is 27.4 Å². The van der Waals surface area contributed by atoms with Crippen LogP contribution in [0.1, 0.15) is 11.4 Å². The summed E-state index contributed by atoms with van der Waals surface area (Å²) in [6.45, 7) is 1.73. The highest BCUT2D eigenvalue weighted by Gasteiger charge is 2.14. The van der Waals surface area contributed by atoms with Crippen molar-refractivity contribution >= 4 is 17.7 Å². The molecular weight excluding hydrogens is 374 g/mol. The second kappa shape index (κ2) is 8.92. The largest absolute Gasteiger partial charge is 0.493 e. The lowest BCUT2D eigenvalue weighted by atomic mass is 10.1. The number of nitrogens with zero attached hydrogens (tertiary/aromatic N) is 2. The fraction of sp³-hybridized carbons (Fsp3) is 0.190. The molecule has 0 spiro atoms. The standard InChI is InChI=1S/C21H21N3O5/c1-13-22-21(29-24-13)15-7-5-6-8-16(15)23-19(25)10-9-14-11-17(26-2)20(28-4)18(12-14)27-3/h5-12H,1-4H3,(H,23,25). The van der Waals surface area contributed by atoms with Gasteiger partial charge in [0.15, 0.2) is 17.3 Å². The van der Waals surface area contributed by atoms with Crippen LogP contribution >= 0.6 is 0 Å². The Morgan fingerprint density at radius 3 is 2.34 bits per heavy atom. The molecule has 2 aromatic carbocycles. The summed E-state index contributed by atoms with van der Waals surface area (Å²) in [5.74, 6) is 2.03. The summed E-state index contributed by atoms with van der Waals surface area (Å²) in [4.78, 5) is 16.7. The first-order valence-corrected chi connectivity index (χ1v) is 8.74. The van der Waals surface area contributed by atoms with Crippen LogP contribution in [0.4, 0.5) is 5.69 Å². The molecule has 0 radical (unpaired) electrons. The number of hydrogen-bond acceptors (Lipinski definition) is 7. The van der Waals surface area contributed by atoms with Crippen molar-refractivity contribution in [3.05, 3.63) is 53.9 Å². The lowest BCUT2D eigenvalue weighted by Crippen LogP contribution is -2.08. The SMILES string of the molecule is COc1cc(C=CC(=O)Nc2ccccc2-c2nc(C)no2)cc(OC)c1OC. The summed E-state index contributed by atoms with van der Waals surface area (Å²) in [5.41, 5.74) is 1.92. The average molecular weight is 395 g/mol. The first kappa shape index (κ1) is 19.9. The molecule has 3 aromatic rings. The normalized spacial score (nSPS) is 10.8. The van der Waals surface area contributed by atoms with Gasteiger partial charge in [-0.3, -0.25) is 4.79 Å². The van der Waals surface area contributed by atoms with Gasteiger partial charge in [0.25, 0.3) is 5.89 Å². The first-order valence-electron chi connectivity index (χ1n) is 8.74. The van der Waals surface area contributed by atoms with E-state index in [-0.39, 0.29) is 5.91 Å². The molecule has 0 fully saturated rings. The van der Waals surface area contributed by atoms with E-state index in [2.05, 4.69) is 15.5 Å². The van der Waals surface area contributed by atoms with E-state index in [0.717, 1.165) is 5.56 Å². The van der Waals surface area contributed by atoms with Crippen molar-refractivity contribution in [1.29, 1.82) is 0 Å². The lowest BCUT2D eigenvalue weighted by Gasteiger charge is -2.12. The van der Waals surface area contributed by atoms with E-state index in [0.29, 0.717) is 40.2 Å². The van der Waals surface area contributed by atoms with E-state index >= 15 is 0 Å². The molecule has 0 aliphatic carbocycles. The number of anilines is 1. The van der Waals surface area contributed by atoms with Gasteiger partial charge in [-0.1, -0.05) is 17.3 Å². The number of aryl methyl sites for hydroxylation is 1. The fourth-order valence-corrected chi connectivity index (χ4v) is 2.73. The van der Waals surface area contributed by atoms with Crippen molar-refractivity contribution < 1.29 is 23.5 Å². The van der Waals surface area contributed by atoms with E-state index in [9.17, 15) is 4.79 Å². The molecule has 8 heteroatoms. The smallest absolute Gasteiger partial charge is 0.260 e. The van der Waals surface area contributed by atoms with Crippen LogP contribution in [0.25, 0.3) is 17.5 Å². The van der Waals surface area contributed by atoms with Gasteiger partial charge in [0.05, 0.1) is 32.6 Å². The van der Waals surface area contributed by atoms with Gasteiger partial charge in [-0.2, -0.15) is 4.98 Å². The minimum atomic E-state index is -0.317. The first-order chi connectivity index (χ1) is 14.0. The number of carbonyl (C=O) groups excluding carboxylic acids is 1. The van der Waals surface area contributed by atoms with Gasteiger partial charge in [-0.15, -0.1) is 0 Å². The summed E-state index contributed by atoms with van der Waals surface area (Å²) in [7, 11) is 4.60. The summed E-state index contributed by atoms with van der Waals surface area (Å²) < 4.78 is 21.2. The maximum atomic E-state index is 12.5.